The molecule has 4 heterocycles. The van der Waals surface area contributed by atoms with Crippen molar-refractivity contribution in [1.29, 1.82) is 0 Å². The number of hydrogen-bond acceptors (Lipinski definition) is 5. The lowest BCUT2D eigenvalue weighted by atomic mass is 10.0. The number of ether oxygens (including phenoxy) is 1. The van der Waals surface area contributed by atoms with Gasteiger partial charge in [0.1, 0.15) is 5.75 Å². The number of fused-ring (bicyclic) bond motifs is 5. The number of unbranched alkanes of at least 4 members (excludes halogenated alkanes) is 1. The Hall–Kier alpha value is -5.24. The molecular weight excluding hydrogens is 679 g/mol. The summed E-state index contributed by atoms with van der Waals surface area (Å²) in [4.78, 5) is 25.0. The largest absolute Gasteiger partial charge is 0.493 e. The third-order valence-corrected chi connectivity index (χ3v) is 12.0. The van der Waals surface area contributed by atoms with Crippen LogP contribution in [0.25, 0.3) is 44.1 Å². The summed E-state index contributed by atoms with van der Waals surface area (Å²) in [6.45, 7) is 11.2. The summed E-state index contributed by atoms with van der Waals surface area (Å²) in [5.74, 6) is 0.942. The molecule has 0 N–H and O–H groups in total. The lowest BCUT2D eigenvalue weighted by Gasteiger charge is -2.34. The van der Waals surface area contributed by atoms with Crippen LogP contribution in [0.2, 0.25) is 0 Å². The lowest BCUT2D eigenvalue weighted by Crippen LogP contribution is -2.46. The van der Waals surface area contributed by atoms with Crippen molar-refractivity contribution in [3.05, 3.63) is 120 Å². The second-order valence-electron chi connectivity index (χ2n) is 15.6. The molecule has 1 aromatic heterocycles. The van der Waals surface area contributed by atoms with Gasteiger partial charge in [-0.3, -0.25) is 9.79 Å². The minimum atomic E-state index is 0.100. The van der Waals surface area contributed by atoms with Crippen molar-refractivity contribution in [2.24, 2.45) is 4.99 Å². The highest BCUT2D eigenvalue weighted by Crippen LogP contribution is 2.36. The molecule has 5 aromatic carbocycles. The second-order valence-corrected chi connectivity index (χ2v) is 15.6. The van der Waals surface area contributed by atoms with Gasteiger partial charge in [-0.2, -0.15) is 0 Å². The number of aromatic nitrogens is 1. The molecule has 0 unspecified atom stereocenters. The number of rotatable bonds is 12. The van der Waals surface area contributed by atoms with Crippen LogP contribution in [0.1, 0.15) is 48.0 Å². The Morgan fingerprint density at radius 2 is 1.27 bits per heavy atom. The van der Waals surface area contributed by atoms with Crippen LogP contribution < -0.4 is 4.74 Å². The molecule has 7 heteroatoms. The molecule has 0 aliphatic carbocycles. The van der Waals surface area contributed by atoms with E-state index in [-0.39, 0.29) is 11.9 Å². The number of amides is 1. The van der Waals surface area contributed by atoms with Gasteiger partial charge < -0.3 is 24.0 Å². The van der Waals surface area contributed by atoms with Gasteiger partial charge in [0.05, 0.1) is 23.9 Å². The number of carbonyl (C=O) groups is 1. The summed E-state index contributed by atoms with van der Waals surface area (Å²) < 4.78 is 8.78. The van der Waals surface area contributed by atoms with Crippen molar-refractivity contribution in [2.75, 3.05) is 52.4 Å². The van der Waals surface area contributed by atoms with Crippen LogP contribution >= 0.6 is 0 Å². The molecule has 6 aromatic rings. The molecule has 1 amide bonds. The number of carbonyl (C=O) groups excluding carboxylic acids is 1. The average Bonchev–Trinajstić information content (AvgIpc) is 3.80. The van der Waals surface area contributed by atoms with Crippen LogP contribution in [-0.2, 0) is 6.54 Å². The van der Waals surface area contributed by atoms with E-state index in [1.54, 1.807) is 0 Å². The minimum Gasteiger partial charge on any atom is -0.493 e. The molecule has 7 nitrogen and oxygen atoms in total. The van der Waals surface area contributed by atoms with Crippen molar-refractivity contribution in [3.8, 4) is 28.0 Å². The van der Waals surface area contributed by atoms with E-state index in [0.717, 1.165) is 101 Å². The van der Waals surface area contributed by atoms with Gasteiger partial charge in [-0.1, -0.05) is 72.8 Å². The molecule has 0 radical (unpaired) electrons. The highest BCUT2D eigenvalue weighted by atomic mass is 16.5. The quantitative estimate of drug-likeness (QED) is 0.118. The van der Waals surface area contributed by atoms with Crippen LogP contribution in [0.3, 0.4) is 0 Å². The van der Waals surface area contributed by atoms with Gasteiger partial charge in [0.15, 0.2) is 0 Å². The van der Waals surface area contributed by atoms with E-state index in [1.165, 1.54) is 44.1 Å². The molecule has 0 spiro atoms. The van der Waals surface area contributed by atoms with Gasteiger partial charge in [0.2, 0.25) is 0 Å². The standard InChI is InChI=1S/C48H51N5O2/c1-35-30-43-44(49-34-40-16-10-23-52(40)48(43)54)33-47(35)55-29-9-8-21-50-25-27-51(28-26-50)22-11-24-53-45-19-17-38(36-12-4-2-5-13-36)31-41(45)42-32-39(18-20-46(42)53)37-14-6-3-7-15-37/h2-7,12-15,17-20,30-34,40H,8-11,16,21-29H2,1H3/t40-/m0/s1. The Balaban J connectivity index is 0.775. The summed E-state index contributed by atoms with van der Waals surface area (Å²) in [7, 11) is 0. The van der Waals surface area contributed by atoms with E-state index >= 15 is 0 Å². The monoisotopic (exact) mass is 729 g/mol. The topological polar surface area (TPSA) is 53.3 Å². The molecule has 3 aliphatic rings. The maximum Gasteiger partial charge on any atom is 0.256 e. The van der Waals surface area contributed by atoms with E-state index in [4.69, 9.17) is 9.73 Å². The fraction of sp³-hybridized carbons (Fsp3) is 0.333. The van der Waals surface area contributed by atoms with Crippen LogP contribution in [0.4, 0.5) is 5.69 Å². The summed E-state index contributed by atoms with van der Waals surface area (Å²) in [6.07, 6.45) is 7.24. The number of hydrogen-bond donors (Lipinski definition) is 0. The zero-order valence-corrected chi connectivity index (χ0v) is 32.0. The first-order chi connectivity index (χ1) is 27.1. The van der Waals surface area contributed by atoms with Crippen molar-refractivity contribution < 1.29 is 9.53 Å². The van der Waals surface area contributed by atoms with Gasteiger partial charge in [-0.15, -0.1) is 0 Å². The Morgan fingerprint density at radius 1 is 0.655 bits per heavy atom. The number of aliphatic imine (C=N–C) groups is 1. The van der Waals surface area contributed by atoms with Crippen molar-refractivity contribution in [1.82, 2.24) is 19.3 Å². The SMILES string of the molecule is Cc1cc2c(cc1OCCCCN1CCN(CCCn3c4ccc(-c5ccccc5)cc4c4cc(-c5ccccc5)ccc43)CC1)N=C[C@@H]1CCCN1C2=O. The van der Waals surface area contributed by atoms with Crippen LogP contribution in [0, 0.1) is 6.92 Å². The van der Waals surface area contributed by atoms with Crippen molar-refractivity contribution in [2.45, 2.75) is 51.6 Å². The molecule has 0 saturated carbocycles. The Morgan fingerprint density at radius 3 is 1.91 bits per heavy atom. The van der Waals surface area contributed by atoms with E-state index in [2.05, 4.69) is 111 Å². The molecule has 2 saturated heterocycles. The van der Waals surface area contributed by atoms with E-state index < -0.39 is 0 Å². The predicted molar refractivity (Wildman–Crippen MR) is 226 cm³/mol. The molecule has 1 atom stereocenters. The molecule has 280 valence electrons. The van der Waals surface area contributed by atoms with Crippen LogP contribution in [0.15, 0.2) is 114 Å². The third-order valence-electron chi connectivity index (χ3n) is 12.0. The first kappa shape index (κ1) is 35.5. The third kappa shape index (κ3) is 7.43. The van der Waals surface area contributed by atoms with E-state index in [0.29, 0.717) is 12.2 Å². The average molecular weight is 730 g/mol. The number of piperazine rings is 1. The predicted octanol–water partition coefficient (Wildman–Crippen LogP) is 9.62. The minimum absolute atomic E-state index is 0.100. The molecule has 9 rings (SSSR count). The van der Waals surface area contributed by atoms with Gasteiger partial charge in [0.25, 0.3) is 5.91 Å². The first-order valence-corrected chi connectivity index (χ1v) is 20.3. The lowest BCUT2D eigenvalue weighted by molar-refractivity contribution is 0.0774. The molecule has 55 heavy (non-hydrogen) atoms. The zero-order valence-electron chi connectivity index (χ0n) is 32.0. The van der Waals surface area contributed by atoms with Crippen molar-refractivity contribution in [3.63, 3.8) is 0 Å². The molecular formula is C48H51N5O2. The van der Waals surface area contributed by atoms with Gasteiger partial charge in [-0.25, -0.2) is 0 Å². The van der Waals surface area contributed by atoms with Gasteiger partial charge in [0, 0.05) is 73.4 Å². The van der Waals surface area contributed by atoms with Crippen LogP contribution in [0.5, 0.6) is 5.75 Å². The second kappa shape index (κ2) is 15.9. The highest BCUT2D eigenvalue weighted by molar-refractivity contribution is 6.10. The summed E-state index contributed by atoms with van der Waals surface area (Å²) in [5, 5.41) is 2.65. The smallest absolute Gasteiger partial charge is 0.256 e. The Labute approximate surface area is 324 Å². The Kier molecular flexibility index (Phi) is 10.2. The number of benzene rings is 5. The maximum absolute atomic E-state index is 13.1. The summed E-state index contributed by atoms with van der Waals surface area (Å²) >= 11 is 0. The summed E-state index contributed by atoms with van der Waals surface area (Å²) in [6, 6.07) is 39.5. The maximum atomic E-state index is 13.1. The normalized spacial score (nSPS) is 17.5. The van der Waals surface area contributed by atoms with Crippen molar-refractivity contribution >= 4 is 39.6 Å². The van der Waals surface area contributed by atoms with Crippen LogP contribution in [-0.4, -0.2) is 89.9 Å². The summed E-state index contributed by atoms with van der Waals surface area (Å²) in [5.41, 5.74) is 10.1. The first-order valence-electron chi connectivity index (χ1n) is 20.3. The van der Waals surface area contributed by atoms with E-state index in [1.807, 2.05) is 30.2 Å². The van der Waals surface area contributed by atoms with E-state index in [9.17, 15) is 4.79 Å². The fourth-order valence-electron chi connectivity index (χ4n) is 8.91. The molecule has 2 fully saturated rings. The highest BCUT2D eigenvalue weighted by Gasteiger charge is 2.32. The van der Waals surface area contributed by atoms with Gasteiger partial charge >= 0.3 is 0 Å². The molecule has 3 aliphatic heterocycles. The molecule has 0 bridgehead atoms. The Bertz CT molecular complexity index is 2230. The fourth-order valence-corrected chi connectivity index (χ4v) is 8.91. The number of nitrogens with zero attached hydrogens (tertiary/aromatic N) is 5. The van der Waals surface area contributed by atoms with Gasteiger partial charge in [-0.05, 0) is 110 Å². The number of aryl methyl sites for hydroxylation is 2. The zero-order chi connectivity index (χ0) is 37.1.